The molecule has 0 aromatic heterocycles. The van der Waals surface area contributed by atoms with E-state index in [0.29, 0.717) is 33.3 Å². The van der Waals surface area contributed by atoms with Crippen molar-refractivity contribution in [3.05, 3.63) is 60.7 Å². The molecule has 0 N–H and O–H groups in total. The molecule has 0 atom stereocenters. The number of benzene rings is 2. The van der Waals surface area contributed by atoms with Crippen molar-refractivity contribution >= 4 is 46.8 Å². The zero-order valence-electron chi connectivity index (χ0n) is 22.7. The Morgan fingerprint density at radius 1 is 0.455 bits per heavy atom. The van der Waals surface area contributed by atoms with E-state index in [9.17, 15) is 0 Å². The van der Waals surface area contributed by atoms with Gasteiger partial charge in [-0.2, -0.15) is 0 Å². The Hall–Kier alpha value is 0.374. The standard InChI is InChI=1S/2C14H23P.2ClH.Ni/c2*1-13(2,3)15(14(4,5)6)12-10-8-7-9-11-12;;;/h2*7-11H,1-6H3;2*1H;/q;;;;+2/p-2. The predicted molar refractivity (Wildman–Crippen MR) is 157 cm³/mol. The zero-order chi connectivity index (χ0) is 26.1. The summed E-state index contributed by atoms with van der Waals surface area (Å²) in [6, 6.07) is 21.9. The molecule has 0 spiro atoms. The van der Waals surface area contributed by atoms with Gasteiger partial charge in [-0.1, -0.05) is 160 Å². The number of rotatable bonds is 2. The molecule has 0 saturated heterocycles. The van der Waals surface area contributed by atoms with Gasteiger partial charge in [0.2, 0.25) is 0 Å². The fourth-order valence-corrected chi connectivity index (χ4v) is 12.8. The van der Waals surface area contributed by atoms with E-state index in [1.54, 1.807) is 0 Å². The average molecular weight is 574 g/mol. The Bertz CT molecular complexity index is 673. The predicted octanol–water partition coefficient (Wildman–Crippen LogP) is 10.2. The first kappa shape index (κ1) is 33.4. The van der Waals surface area contributed by atoms with Gasteiger partial charge in [-0.25, -0.2) is 0 Å². The van der Waals surface area contributed by atoms with Crippen LogP contribution in [0.2, 0.25) is 0 Å². The Kier molecular flexibility index (Phi) is 14.4. The van der Waals surface area contributed by atoms with Crippen LogP contribution in [0.25, 0.3) is 0 Å². The second-order valence-electron chi connectivity index (χ2n) is 12.1. The topological polar surface area (TPSA) is 0 Å². The fourth-order valence-electron chi connectivity index (χ4n) is 4.72. The molecule has 0 bridgehead atoms. The van der Waals surface area contributed by atoms with Crippen LogP contribution in [0.5, 0.6) is 0 Å². The van der Waals surface area contributed by atoms with Crippen molar-refractivity contribution in [2.24, 2.45) is 0 Å². The molecule has 0 heterocycles. The van der Waals surface area contributed by atoms with Gasteiger partial charge >= 0.3 is 33.0 Å². The van der Waals surface area contributed by atoms with Crippen LogP contribution in [0.4, 0.5) is 0 Å². The Balaban J connectivity index is 0.000000555. The summed E-state index contributed by atoms with van der Waals surface area (Å²) >= 11 is 0.569. The second kappa shape index (κ2) is 14.2. The molecular weight excluding hydrogens is 528 g/mol. The molecule has 0 aliphatic carbocycles. The maximum atomic E-state index is 4.70. The van der Waals surface area contributed by atoms with E-state index in [1.807, 2.05) is 0 Å². The van der Waals surface area contributed by atoms with Gasteiger partial charge < -0.3 is 0 Å². The van der Waals surface area contributed by atoms with Gasteiger partial charge in [0.1, 0.15) is 0 Å². The van der Waals surface area contributed by atoms with Gasteiger partial charge in [0, 0.05) is 0 Å². The first-order valence-electron chi connectivity index (χ1n) is 11.4. The monoisotopic (exact) mass is 572 g/mol. The summed E-state index contributed by atoms with van der Waals surface area (Å²) in [5.41, 5.74) is 0. The molecule has 2 rings (SSSR count). The summed E-state index contributed by atoms with van der Waals surface area (Å²) in [5.74, 6) is 0. The molecule has 0 fully saturated rings. The Morgan fingerprint density at radius 3 is 0.788 bits per heavy atom. The minimum absolute atomic E-state index is 0.138. The van der Waals surface area contributed by atoms with Crippen LogP contribution in [-0.4, -0.2) is 20.6 Å². The molecule has 0 amide bonds. The third-order valence-corrected chi connectivity index (χ3v) is 11.7. The summed E-state index contributed by atoms with van der Waals surface area (Å²) in [6.07, 6.45) is 0. The van der Waals surface area contributed by atoms with Gasteiger partial charge in [0.05, 0.1) is 0 Å². The number of hydrogen-bond donors (Lipinski definition) is 0. The van der Waals surface area contributed by atoms with Gasteiger partial charge in [0.15, 0.2) is 0 Å². The van der Waals surface area contributed by atoms with Crippen LogP contribution in [0, 0.1) is 0 Å². The quantitative estimate of drug-likeness (QED) is 0.248. The van der Waals surface area contributed by atoms with E-state index >= 15 is 0 Å². The maximum absolute atomic E-state index is 4.70. The van der Waals surface area contributed by atoms with Crippen molar-refractivity contribution in [3.8, 4) is 0 Å². The molecule has 2 aromatic rings. The normalized spacial score (nSPS) is 12.7. The van der Waals surface area contributed by atoms with Crippen molar-refractivity contribution in [2.45, 2.75) is 104 Å². The molecule has 0 aliphatic heterocycles. The zero-order valence-corrected chi connectivity index (χ0v) is 27.0. The third-order valence-electron chi connectivity index (χ3n) is 4.71. The molecule has 0 unspecified atom stereocenters. The third kappa shape index (κ3) is 12.8. The fraction of sp³-hybridized carbons (Fsp3) is 0.571. The van der Waals surface area contributed by atoms with Crippen LogP contribution >= 0.6 is 36.2 Å². The summed E-state index contributed by atoms with van der Waals surface area (Å²) in [7, 11) is 9.13. The first-order chi connectivity index (χ1) is 14.9. The second-order valence-corrected chi connectivity index (χ2v) is 21.4. The molecular formula is C28H46Cl2NiP2. The van der Waals surface area contributed by atoms with Gasteiger partial charge in [0.25, 0.3) is 0 Å². The summed E-state index contributed by atoms with van der Waals surface area (Å²) < 4.78 is 0. The SMILES string of the molecule is CC(C)(C)P(c1ccccc1)C(C)(C)C.CC(C)(C)P(c1ccccc1)C(C)(C)C.[Cl][Ni][Cl]. The van der Waals surface area contributed by atoms with E-state index in [4.69, 9.17) is 20.4 Å². The van der Waals surface area contributed by atoms with E-state index in [1.165, 1.54) is 10.6 Å². The molecule has 0 aliphatic rings. The molecule has 33 heavy (non-hydrogen) atoms. The van der Waals surface area contributed by atoms with Crippen LogP contribution in [0.15, 0.2) is 60.7 Å². The molecule has 5 heteroatoms. The Labute approximate surface area is 222 Å². The van der Waals surface area contributed by atoms with E-state index in [0.717, 1.165) is 0 Å². The van der Waals surface area contributed by atoms with Crippen LogP contribution < -0.4 is 10.6 Å². The summed E-state index contributed by atoms with van der Waals surface area (Å²) in [5, 5.41) is 4.52. The molecule has 0 nitrogen and oxygen atoms in total. The summed E-state index contributed by atoms with van der Waals surface area (Å²) in [4.78, 5) is 0. The Morgan fingerprint density at radius 2 is 0.636 bits per heavy atom. The van der Waals surface area contributed by atoms with Crippen molar-refractivity contribution in [1.29, 1.82) is 0 Å². The molecule has 0 radical (unpaired) electrons. The molecule has 2 aromatic carbocycles. The van der Waals surface area contributed by atoms with Gasteiger partial charge in [-0.3, -0.25) is 0 Å². The van der Waals surface area contributed by atoms with E-state index < -0.39 is 0 Å². The van der Waals surface area contributed by atoms with Gasteiger partial charge in [-0.15, -0.1) is 0 Å². The van der Waals surface area contributed by atoms with Crippen LogP contribution in [0.3, 0.4) is 0 Å². The van der Waals surface area contributed by atoms with Crippen molar-refractivity contribution < 1.29 is 12.7 Å². The first-order valence-corrected chi connectivity index (χ1v) is 16.8. The van der Waals surface area contributed by atoms with Crippen LogP contribution in [-0.2, 0) is 12.7 Å². The van der Waals surface area contributed by atoms with Gasteiger partial charge in [-0.05, 0) is 31.2 Å². The molecule has 0 saturated carbocycles. The van der Waals surface area contributed by atoms with E-state index in [-0.39, 0.29) is 15.8 Å². The van der Waals surface area contributed by atoms with E-state index in [2.05, 4.69) is 144 Å². The van der Waals surface area contributed by atoms with Crippen LogP contribution in [0.1, 0.15) is 83.1 Å². The van der Waals surface area contributed by atoms with Crippen molar-refractivity contribution in [3.63, 3.8) is 0 Å². The van der Waals surface area contributed by atoms with Crippen molar-refractivity contribution in [1.82, 2.24) is 0 Å². The van der Waals surface area contributed by atoms with Crippen molar-refractivity contribution in [2.75, 3.05) is 0 Å². The number of halogens is 2. The summed E-state index contributed by atoms with van der Waals surface area (Å²) in [6.45, 7) is 28.3. The number of hydrogen-bond acceptors (Lipinski definition) is 0. The minimum atomic E-state index is -0.138. The molecule has 192 valence electrons. The average Bonchev–Trinajstić information content (AvgIpc) is 2.60.